The molecule has 1 atom stereocenters. The topological polar surface area (TPSA) is 68.3 Å². The lowest BCUT2D eigenvalue weighted by Crippen LogP contribution is -2.26. The minimum Gasteiger partial charge on any atom is -0.464 e. The van der Waals surface area contributed by atoms with E-state index in [0.29, 0.717) is 12.8 Å². The van der Waals surface area contributed by atoms with Gasteiger partial charge in [0.05, 0.1) is 6.04 Å². The highest BCUT2D eigenvalue weighted by atomic mass is 16.3. The molecule has 0 aliphatic carbocycles. The molecule has 1 aromatic heterocycles. The molecule has 0 radical (unpaired) electrons. The number of furan rings is 1. The standard InChI is InChI=1S/C16H20N2O2/c1-11-7-9-15(20-11)12(2)18-16(19)10-8-13-5-3-4-6-14(13)17/h3-7,9,12H,8,10,17H2,1-2H3,(H,18,19). The Morgan fingerprint density at radius 1 is 1.30 bits per heavy atom. The molecule has 2 rings (SSSR count). The molecule has 1 aromatic carbocycles. The van der Waals surface area contributed by atoms with E-state index in [4.69, 9.17) is 10.2 Å². The van der Waals surface area contributed by atoms with Crippen LogP contribution in [-0.4, -0.2) is 5.91 Å². The van der Waals surface area contributed by atoms with Crippen LogP contribution in [0, 0.1) is 6.92 Å². The fraction of sp³-hybridized carbons (Fsp3) is 0.312. The van der Waals surface area contributed by atoms with Crippen LogP contribution < -0.4 is 11.1 Å². The molecule has 0 saturated carbocycles. The molecule has 0 bridgehead atoms. The number of nitrogens with two attached hydrogens (primary N) is 1. The van der Waals surface area contributed by atoms with Crippen molar-refractivity contribution >= 4 is 11.6 Å². The Bertz CT molecular complexity index is 590. The van der Waals surface area contributed by atoms with E-state index in [1.54, 1.807) is 0 Å². The number of hydrogen-bond donors (Lipinski definition) is 2. The smallest absolute Gasteiger partial charge is 0.220 e. The molecule has 1 unspecified atom stereocenters. The van der Waals surface area contributed by atoms with Crippen LogP contribution in [0.5, 0.6) is 0 Å². The van der Waals surface area contributed by atoms with E-state index in [-0.39, 0.29) is 11.9 Å². The molecule has 0 spiro atoms. The van der Waals surface area contributed by atoms with Gasteiger partial charge in [-0.1, -0.05) is 18.2 Å². The molecule has 4 heteroatoms. The lowest BCUT2D eigenvalue weighted by molar-refractivity contribution is -0.121. The zero-order valence-electron chi connectivity index (χ0n) is 11.8. The Kier molecular flexibility index (Phi) is 4.45. The minimum absolute atomic E-state index is 0.00481. The first-order chi connectivity index (χ1) is 9.56. The van der Waals surface area contributed by atoms with Crippen LogP contribution in [0.2, 0.25) is 0 Å². The van der Waals surface area contributed by atoms with Gasteiger partial charge < -0.3 is 15.5 Å². The summed E-state index contributed by atoms with van der Waals surface area (Å²) in [5.74, 6) is 1.61. The first-order valence-corrected chi connectivity index (χ1v) is 6.75. The van der Waals surface area contributed by atoms with Gasteiger partial charge in [0.2, 0.25) is 5.91 Å². The van der Waals surface area contributed by atoms with Crippen molar-refractivity contribution in [3.8, 4) is 0 Å². The van der Waals surface area contributed by atoms with Gasteiger partial charge in [0.25, 0.3) is 0 Å². The summed E-state index contributed by atoms with van der Waals surface area (Å²) in [5.41, 5.74) is 7.59. The largest absolute Gasteiger partial charge is 0.464 e. The summed E-state index contributed by atoms with van der Waals surface area (Å²) in [4.78, 5) is 11.9. The summed E-state index contributed by atoms with van der Waals surface area (Å²) in [5, 5.41) is 2.93. The van der Waals surface area contributed by atoms with Crippen LogP contribution >= 0.6 is 0 Å². The molecule has 1 amide bonds. The normalized spacial score (nSPS) is 12.1. The van der Waals surface area contributed by atoms with Gasteiger partial charge in [0.15, 0.2) is 0 Å². The second-order valence-electron chi connectivity index (χ2n) is 4.94. The van der Waals surface area contributed by atoms with Crippen LogP contribution in [0.15, 0.2) is 40.8 Å². The van der Waals surface area contributed by atoms with Crippen molar-refractivity contribution in [2.24, 2.45) is 0 Å². The Morgan fingerprint density at radius 3 is 2.70 bits per heavy atom. The summed E-state index contributed by atoms with van der Waals surface area (Å²) in [6.45, 7) is 3.79. The second kappa shape index (κ2) is 6.28. The van der Waals surface area contributed by atoms with E-state index in [9.17, 15) is 4.79 Å². The third kappa shape index (κ3) is 3.63. The predicted octanol–water partition coefficient (Wildman–Crippen LogP) is 2.98. The fourth-order valence-electron chi connectivity index (χ4n) is 2.08. The Hall–Kier alpha value is -2.23. The molecule has 106 valence electrons. The number of nitrogens with one attached hydrogen (secondary N) is 1. The van der Waals surface area contributed by atoms with Gasteiger partial charge in [-0.3, -0.25) is 4.79 Å². The minimum atomic E-state index is -0.121. The van der Waals surface area contributed by atoms with Crippen LogP contribution in [0.25, 0.3) is 0 Å². The average Bonchev–Trinajstić information content (AvgIpc) is 2.84. The summed E-state index contributed by atoms with van der Waals surface area (Å²) in [6, 6.07) is 11.3. The number of nitrogen functional groups attached to an aromatic ring is 1. The summed E-state index contributed by atoms with van der Waals surface area (Å²) in [6.07, 6.45) is 1.06. The highest BCUT2D eigenvalue weighted by Gasteiger charge is 2.12. The molecular weight excluding hydrogens is 252 g/mol. The van der Waals surface area contributed by atoms with E-state index in [0.717, 1.165) is 22.8 Å². The highest BCUT2D eigenvalue weighted by molar-refractivity contribution is 5.76. The third-order valence-electron chi connectivity index (χ3n) is 3.24. The van der Waals surface area contributed by atoms with Crippen LogP contribution in [-0.2, 0) is 11.2 Å². The molecule has 0 aliphatic heterocycles. The van der Waals surface area contributed by atoms with Crippen molar-refractivity contribution in [2.45, 2.75) is 32.7 Å². The second-order valence-corrected chi connectivity index (χ2v) is 4.94. The zero-order chi connectivity index (χ0) is 14.5. The van der Waals surface area contributed by atoms with Crippen molar-refractivity contribution in [2.75, 3.05) is 5.73 Å². The Balaban J connectivity index is 1.85. The Labute approximate surface area is 119 Å². The lowest BCUT2D eigenvalue weighted by Gasteiger charge is -2.12. The number of carbonyl (C=O) groups is 1. The number of carbonyl (C=O) groups excluding carboxylic acids is 1. The number of aryl methyl sites for hydroxylation is 2. The van der Waals surface area contributed by atoms with Gasteiger partial charge in [-0.05, 0) is 44.0 Å². The molecule has 1 heterocycles. The number of anilines is 1. The van der Waals surface area contributed by atoms with E-state index in [1.807, 2.05) is 50.2 Å². The monoisotopic (exact) mass is 272 g/mol. The first-order valence-electron chi connectivity index (χ1n) is 6.75. The summed E-state index contributed by atoms with van der Waals surface area (Å²) in [7, 11) is 0. The SMILES string of the molecule is Cc1ccc(C(C)NC(=O)CCc2ccccc2N)o1. The fourth-order valence-corrected chi connectivity index (χ4v) is 2.08. The third-order valence-corrected chi connectivity index (χ3v) is 3.24. The van der Waals surface area contributed by atoms with E-state index in [2.05, 4.69) is 5.32 Å². The van der Waals surface area contributed by atoms with Gasteiger partial charge in [-0.25, -0.2) is 0 Å². The van der Waals surface area contributed by atoms with Crippen LogP contribution in [0.3, 0.4) is 0 Å². The molecular formula is C16H20N2O2. The molecule has 2 aromatic rings. The van der Waals surface area contributed by atoms with E-state index >= 15 is 0 Å². The van der Waals surface area contributed by atoms with Crippen molar-refractivity contribution in [3.63, 3.8) is 0 Å². The molecule has 4 nitrogen and oxygen atoms in total. The van der Waals surface area contributed by atoms with Gasteiger partial charge in [0.1, 0.15) is 11.5 Å². The lowest BCUT2D eigenvalue weighted by atomic mass is 10.1. The molecule has 3 N–H and O–H groups in total. The van der Waals surface area contributed by atoms with Gasteiger partial charge >= 0.3 is 0 Å². The summed E-state index contributed by atoms with van der Waals surface area (Å²) >= 11 is 0. The number of para-hydroxylation sites is 1. The maximum Gasteiger partial charge on any atom is 0.220 e. The predicted molar refractivity (Wildman–Crippen MR) is 79.2 cm³/mol. The van der Waals surface area contributed by atoms with Crippen LogP contribution in [0.4, 0.5) is 5.69 Å². The maximum atomic E-state index is 11.9. The number of rotatable bonds is 5. The Morgan fingerprint density at radius 2 is 2.05 bits per heavy atom. The van der Waals surface area contributed by atoms with Crippen LogP contribution in [0.1, 0.15) is 36.5 Å². The molecule has 20 heavy (non-hydrogen) atoms. The van der Waals surface area contributed by atoms with Crippen molar-refractivity contribution in [1.29, 1.82) is 0 Å². The van der Waals surface area contributed by atoms with Crippen molar-refractivity contribution in [1.82, 2.24) is 5.32 Å². The highest BCUT2D eigenvalue weighted by Crippen LogP contribution is 2.16. The number of hydrogen-bond acceptors (Lipinski definition) is 3. The zero-order valence-corrected chi connectivity index (χ0v) is 11.8. The van der Waals surface area contributed by atoms with E-state index < -0.39 is 0 Å². The molecule has 0 fully saturated rings. The number of benzene rings is 1. The van der Waals surface area contributed by atoms with E-state index in [1.165, 1.54) is 0 Å². The van der Waals surface area contributed by atoms with Gasteiger partial charge in [-0.15, -0.1) is 0 Å². The number of amides is 1. The first kappa shape index (κ1) is 14.2. The van der Waals surface area contributed by atoms with Crippen molar-refractivity contribution < 1.29 is 9.21 Å². The van der Waals surface area contributed by atoms with Gasteiger partial charge in [0, 0.05) is 12.1 Å². The molecule has 0 saturated heterocycles. The quantitative estimate of drug-likeness (QED) is 0.822. The van der Waals surface area contributed by atoms with Crippen molar-refractivity contribution in [3.05, 3.63) is 53.5 Å². The molecule has 0 aliphatic rings. The van der Waals surface area contributed by atoms with Gasteiger partial charge in [-0.2, -0.15) is 0 Å². The maximum absolute atomic E-state index is 11.9. The average molecular weight is 272 g/mol. The summed E-state index contributed by atoms with van der Waals surface area (Å²) < 4.78 is 5.49.